The lowest BCUT2D eigenvalue weighted by molar-refractivity contribution is -0.159. The summed E-state index contributed by atoms with van der Waals surface area (Å²) in [6, 6.07) is -3.05. The van der Waals surface area contributed by atoms with Gasteiger partial charge in [-0.15, -0.1) is 0 Å². The number of nitrogens with one attached hydrogen (secondary N) is 1. The zero-order valence-corrected chi connectivity index (χ0v) is 11.3. The molecule has 0 aliphatic heterocycles. The molecule has 0 aliphatic rings. The molecule has 20 heavy (non-hydrogen) atoms. The van der Waals surface area contributed by atoms with Gasteiger partial charge in [0.2, 0.25) is 11.9 Å². The number of carbonyl (C=O) groups excluding carboxylic acids is 3. The average molecular weight is 290 g/mol. The van der Waals surface area contributed by atoms with E-state index < -0.39 is 42.3 Å². The maximum Gasteiger partial charge on any atom is 0.340 e. The molecule has 0 aromatic heterocycles. The highest BCUT2D eigenvalue weighted by atomic mass is 16.6. The largest absolute Gasteiger partial charge is 0.481 e. The molecule has 9 heteroatoms. The van der Waals surface area contributed by atoms with Crippen LogP contribution < -0.4 is 11.1 Å². The van der Waals surface area contributed by atoms with Crippen LogP contribution in [0.5, 0.6) is 0 Å². The van der Waals surface area contributed by atoms with Crippen LogP contribution in [0.15, 0.2) is 0 Å². The van der Waals surface area contributed by atoms with Crippen molar-refractivity contribution in [2.45, 2.75) is 32.4 Å². The first kappa shape index (κ1) is 17.8. The summed E-state index contributed by atoms with van der Waals surface area (Å²) in [7, 11) is 0. The van der Waals surface area contributed by atoms with E-state index in [2.05, 4.69) is 9.47 Å². The molecule has 114 valence electrons. The Kier molecular flexibility index (Phi) is 7.90. The van der Waals surface area contributed by atoms with E-state index in [1.54, 1.807) is 0 Å². The van der Waals surface area contributed by atoms with Crippen molar-refractivity contribution in [2.24, 2.45) is 5.73 Å². The summed E-state index contributed by atoms with van der Waals surface area (Å²) in [6.07, 6.45) is -0.635. The maximum absolute atomic E-state index is 11.6. The number of carboxylic acid groups (broad SMARTS) is 1. The van der Waals surface area contributed by atoms with E-state index in [1.807, 2.05) is 5.32 Å². The van der Waals surface area contributed by atoms with Gasteiger partial charge in [0, 0.05) is 0 Å². The Labute approximate surface area is 115 Å². The second kappa shape index (κ2) is 8.86. The Hall–Kier alpha value is -2.16. The predicted molar refractivity (Wildman–Crippen MR) is 65.4 cm³/mol. The minimum atomic E-state index is -1.66. The third-order valence-electron chi connectivity index (χ3n) is 2.06. The van der Waals surface area contributed by atoms with Gasteiger partial charge in [-0.2, -0.15) is 0 Å². The third kappa shape index (κ3) is 6.14. The average Bonchev–Trinajstić information content (AvgIpc) is 2.35. The first-order valence-corrected chi connectivity index (χ1v) is 5.94. The van der Waals surface area contributed by atoms with Crippen molar-refractivity contribution < 1.29 is 33.8 Å². The Morgan fingerprint density at radius 3 is 1.90 bits per heavy atom. The summed E-state index contributed by atoms with van der Waals surface area (Å²) >= 11 is 0. The number of amides is 1. The van der Waals surface area contributed by atoms with Crippen molar-refractivity contribution in [3.8, 4) is 0 Å². The second-order valence-corrected chi connectivity index (χ2v) is 3.65. The highest BCUT2D eigenvalue weighted by Crippen LogP contribution is 1.97. The van der Waals surface area contributed by atoms with E-state index in [-0.39, 0.29) is 13.2 Å². The molecule has 9 nitrogen and oxygen atoms in total. The fourth-order valence-corrected chi connectivity index (χ4v) is 1.20. The number of carbonyl (C=O) groups is 4. The SMILES string of the molecule is CCOC(=O)C(NC(=O)[C@H](N)CC(=O)O)C(=O)OCC. The van der Waals surface area contributed by atoms with Crippen molar-refractivity contribution in [2.75, 3.05) is 13.2 Å². The van der Waals surface area contributed by atoms with Gasteiger partial charge in [0.05, 0.1) is 25.7 Å². The lowest BCUT2D eigenvalue weighted by Gasteiger charge is -2.17. The predicted octanol–water partition coefficient (Wildman–Crippen LogP) is -1.60. The Morgan fingerprint density at radius 1 is 1.10 bits per heavy atom. The van der Waals surface area contributed by atoms with Gasteiger partial charge in [0.25, 0.3) is 0 Å². The molecular formula is C11H18N2O7. The van der Waals surface area contributed by atoms with Crippen LogP contribution >= 0.6 is 0 Å². The van der Waals surface area contributed by atoms with E-state index >= 15 is 0 Å². The van der Waals surface area contributed by atoms with Crippen LogP contribution in [0.2, 0.25) is 0 Å². The fraction of sp³-hybridized carbons (Fsp3) is 0.636. The Bertz CT molecular complexity index is 365. The summed E-state index contributed by atoms with van der Waals surface area (Å²) in [5, 5.41) is 10.5. The van der Waals surface area contributed by atoms with Gasteiger partial charge in [0.1, 0.15) is 0 Å². The molecule has 0 bridgehead atoms. The van der Waals surface area contributed by atoms with Crippen LogP contribution in [0.4, 0.5) is 0 Å². The quantitative estimate of drug-likeness (QED) is 0.358. The number of aliphatic carboxylic acids is 1. The number of esters is 2. The summed E-state index contributed by atoms with van der Waals surface area (Å²) in [6.45, 7) is 3.06. The smallest absolute Gasteiger partial charge is 0.340 e. The summed E-state index contributed by atoms with van der Waals surface area (Å²) in [5.41, 5.74) is 5.32. The van der Waals surface area contributed by atoms with E-state index in [1.165, 1.54) is 13.8 Å². The molecule has 0 unspecified atom stereocenters. The van der Waals surface area contributed by atoms with Gasteiger partial charge in [0.15, 0.2) is 0 Å². The lowest BCUT2D eigenvalue weighted by Crippen LogP contribution is -2.53. The molecule has 0 saturated carbocycles. The zero-order chi connectivity index (χ0) is 15.7. The molecule has 0 aromatic rings. The van der Waals surface area contributed by atoms with E-state index in [0.29, 0.717) is 0 Å². The molecule has 0 saturated heterocycles. The number of nitrogens with two attached hydrogens (primary N) is 1. The van der Waals surface area contributed by atoms with Crippen molar-refractivity contribution >= 4 is 23.8 Å². The van der Waals surface area contributed by atoms with Gasteiger partial charge in [-0.25, -0.2) is 9.59 Å². The standard InChI is InChI=1S/C11H18N2O7/c1-3-19-10(17)8(11(18)20-4-2)13-9(16)6(12)5-7(14)15/h6,8H,3-5,12H2,1-2H3,(H,13,16)(H,14,15)/t6-/m1/s1. The number of hydrogen-bond donors (Lipinski definition) is 3. The van der Waals surface area contributed by atoms with Crippen LogP contribution in [0.25, 0.3) is 0 Å². The van der Waals surface area contributed by atoms with Crippen molar-refractivity contribution in [3.63, 3.8) is 0 Å². The van der Waals surface area contributed by atoms with E-state index in [9.17, 15) is 19.2 Å². The van der Waals surface area contributed by atoms with Crippen molar-refractivity contribution in [1.29, 1.82) is 0 Å². The molecular weight excluding hydrogens is 272 g/mol. The van der Waals surface area contributed by atoms with Gasteiger partial charge in [-0.05, 0) is 13.8 Å². The first-order valence-electron chi connectivity index (χ1n) is 5.94. The molecule has 0 fully saturated rings. The number of hydrogen-bond acceptors (Lipinski definition) is 7. The topological polar surface area (TPSA) is 145 Å². The van der Waals surface area contributed by atoms with E-state index in [4.69, 9.17) is 10.8 Å². The number of rotatable bonds is 8. The minimum absolute atomic E-state index is 0.00574. The van der Waals surface area contributed by atoms with Crippen molar-refractivity contribution in [3.05, 3.63) is 0 Å². The first-order chi connectivity index (χ1) is 9.33. The van der Waals surface area contributed by atoms with Gasteiger partial charge < -0.3 is 25.6 Å². The van der Waals surface area contributed by atoms with Gasteiger partial charge in [-0.1, -0.05) is 0 Å². The minimum Gasteiger partial charge on any atom is -0.481 e. The van der Waals surface area contributed by atoms with Crippen LogP contribution in [-0.2, 0) is 28.7 Å². The molecule has 0 radical (unpaired) electrons. The van der Waals surface area contributed by atoms with Gasteiger partial charge in [-0.3, -0.25) is 9.59 Å². The Balaban J connectivity index is 4.79. The molecule has 0 spiro atoms. The summed E-state index contributed by atoms with van der Waals surface area (Å²) in [5.74, 6) is -4.24. The van der Waals surface area contributed by atoms with E-state index in [0.717, 1.165) is 0 Å². The monoisotopic (exact) mass is 290 g/mol. The Morgan fingerprint density at radius 2 is 1.55 bits per heavy atom. The fourth-order valence-electron chi connectivity index (χ4n) is 1.20. The van der Waals surface area contributed by atoms with Gasteiger partial charge >= 0.3 is 17.9 Å². The lowest BCUT2D eigenvalue weighted by atomic mass is 10.2. The summed E-state index contributed by atoms with van der Waals surface area (Å²) in [4.78, 5) is 45.1. The molecule has 0 aliphatic carbocycles. The number of carboxylic acids is 1. The highest BCUT2D eigenvalue weighted by Gasteiger charge is 2.33. The van der Waals surface area contributed by atoms with Crippen LogP contribution in [-0.4, -0.2) is 54.2 Å². The maximum atomic E-state index is 11.6. The zero-order valence-electron chi connectivity index (χ0n) is 11.3. The third-order valence-corrected chi connectivity index (χ3v) is 2.06. The van der Waals surface area contributed by atoms with Crippen LogP contribution in [0.1, 0.15) is 20.3 Å². The normalized spacial score (nSPS) is 11.6. The molecule has 0 aromatic carbocycles. The van der Waals surface area contributed by atoms with Crippen molar-refractivity contribution in [1.82, 2.24) is 5.32 Å². The molecule has 4 N–H and O–H groups in total. The molecule has 0 rings (SSSR count). The van der Waals surface area contributed by atoms with Crippen LogP contribution in [0.3, 0.4) is 0 Å². The molecule has 1 atom stereocenters. The number of ether oxygens (including phenoxy) is 2. The highest BCUT2D eigenvalue weighted by molar-refractivity contribution is 6.03. The molecule has 0 heterocycles. The second-order valence-electron chi connectivity index (χ2n) is 3.65. The summed E-state index contributed by atoms with van der Waals surface area (Å²) < 4.78 is 9.24. The molecule has 1 amide bonds. The van der Waals surface area contributed by atoms with Crippen LogP contribution in [0, 0.1) is 0 Å².